The fourth-order valence-electron chi connectivity index (χ4n) is 3.21. The number of aromatic nitrogens is 4. The molecule has 1 saturated heterocycles. The Morgan fingerprint density at radius 1 is 1.28 bits per heavy atom. The van der Waals surface area contributed by atoms with Crippen molar-refractivity contribution in [1.82, 2.24) is 28.4 Å². The van der Waals surface area contributed by atoms with Crippen molar-refractivity contribution < 1.29 is 8.42 Å². The Hall–Kier alpha value is -1.84. The van der Waals surface area contributed by atoms with Crippen LogP contribution in [0.2, 0.25) is 0 Å². The van der Waals surface area contributed by atoms with Gasteiger partial charge in [0.2, 0.25) is 0 Å². The summed E-state index contributed by atoms with van der Waals surface area (Å²) in [7, 11) is 1.64. The Morgan fingerprint density at radius 3 is 2.72 bits per heavy atom. The highest BCUT2D eigenvalue weighted by Gasteiger charge is 2.31. The van der Waals surface area contributed by atoms with Crippen LogP contribution >= 0.6 is 0 Å². The highest BCUT2D eigenvalue weighted by Crippen LogP contribution is 2.26. The van der Waals surface area contributed by atoms with Gasteiger partial charge in [0.1, 0.15) is 0 Å². The fraction of sp³-hybridized carbons (Fsp3) is 0.562. The van der Waals surface area contributed by atoms with Gasteiger partial charge in [-0.2, -0.15) is 22.1 Å². The third kappa shape index (κ3) is 3.88. The summed E-state index contributed by atoms with van der Waals surface area (Å²) >= 11 is 0. The minimum Gasteiger partial charge on any atom is -0.275 e. The van der Waals surface area contributed by atoms with Crippen LogP contribution in [0, 0.1) is 5.92 Å². The molecule has 0 amide bonds. The Kier molecular flexibility index (Phi) is 5.16. The van der Waals surface area contributed by atoms with E-state index >= 15 is 0 Å². The standard InChI is InChI=1S/C16H24N6O2S/c1-20(2)25(23,24)22-8-4-5-13(11-22)9-15-16(18-7-6-17-15)14-10-19-21(3)12-14/h6-7,10,12-13H,4-5,8-9,11H2,1-3H3. The van der Waals surface area contributed by atoms with Gasteiger partial charge in [0.25, 0.3) is 10.2 Å². The fourth-order valence-corrected chi connectivity index (χ4v) is 4.43. The molecular formula is C16H24N6O2S. The molecule has 1 aliphatic heterocycles. The van der Waals surface area contributed by atoms with Gasteiger partial charge in [-0.25, -0.2) is 0 Å². The molecule has 9 heteroatoms. The maximum absolute atomic E-state index is 12.4. The van der Waals surface area contributed by atoms with Crippen LogP contribution in [0.3, 0.4) is 0 Å². The van der Waals surface area contributed by atoms with Gasteiger partial charge in [0, 0.05) is 58.4 Å². The van der Waals surface area contributed by atoms with Crippen LogP contribution in [-0.4, -0.2) is 64.0 Å². The summed E-state index contributed by atoms with van der Waals surface area (Å²) in [4.78, 5) is 8.97. The first-order valence-electron chi connectivity index (χ1n) is 8.34. The smallest absolute Gasteiger partial charge is 0.275 e. The van der Waals surface area contributed by atoms with E-state index in [0.717, 1.165) is 29.8 Å². The topological polar surface area (TPSA) is 84.2 Å². The monoisotopic (exact) mass is 364 g/mol. The van der Waals surface area contributed by atoms with E-state index < -0.39 is 10.2 Å². The van der Waals surface area contributed by atoms with Gasteiger partial charge in [0.15, 0.2) is 0 Å². The number of aryl methyl sites for hydroxylation is 1. The minimum absolute atomic E-state index is 0.232. The third-order valence-corrected chi connectivity index (χ3v) is 6.41. The van der Waals surface area contributed by atoms with E-state index in [9.17, 15) is 8.42 Å². The molecule has 1 unspecified atom stereocenters. The molecule has 0 bridgehead atoms. The Morgan fingerprint density at radius 2 is 2.04 bits per heavy atom. The molecule has 3 rings (SSSR count). The summed E-state index contributed by atoms with van der Waals surface area (Å²) in [5.41, 5.74) is 2.65. The molecule has 1 atom stereocenters. The molecule has 8 nitrogen and oxygen atoms in total. The lowest BCUT2D eigenvalue weighted by Crippen LogP contribution is -2.45. The first-order valence-corrected chi connectivity index (χ1v) is 9.74. The van der Waals surface area contributed by atoms with Crippen molar-refractivity contribution in [3.63, 3.8) is 0 Å². The summed E-state index contributed by atoms with van der Waals surface area (Å²) < 4.78 is 29.4. The maximum Gasteiger partial charge on any atom is 0.281 e. The SMILES string of the molecule is CN(C)S(=O)(=O)N1CCCC(Cc2nccnc2-c2cnn(C)c2)C1. The van der Waals surface area contributed by atoms with Crippen molar-refractivity contribution in [3.8, 4) is 11.3 Å². The molecule has 3 heterocycles. The summed E-state index contributed by atoms with van der Waals surface area (Å²) in [6.07, 6.45) is 9.61. The van der Waals surface area contributed by atoms with E-state index in [4.69, 9.17) is 0 Å². The van der Waals surface area contributed by atoms with E-state index in [0.29, 0.717) is 19.5 Å². The molecule has 25 heavy (non-hydrogen) atoms. The molecule has 2 aromatic heterocycles. The van der Waals surface area contributed by atoms with Crippen LogP contribution in [-0.2, 0) is 23.7 Å². The summed E-state index contributed by atoms with van der Waals surface area (Å²) in [5.74, 6) is 0.232. The van der Waals surface area contributed by atoms with Crippen LogP contribution in [0.1, 0.15) is 18.5 Å². The quantitative estimate of drug-likeness (QED) is 0.788. The summed E-state index contributed by atoms with van der Waals surface area (Å²) in [6, 6.07) is 0. The van der Waals surface area contributed by atoms with Crippen LogP contribution in [0.4, 0.5) is 0 Å². The van der Waals surface area contributed by atoms with Gasteiger partial charge in [0.05, 0.1) is 17.6 Å². The molecule has 136 valence electrons. The second-order valence-electron chi connectivity index (χ2n) is 6.61. The largest absolute Gasteiger partial charge is 0.281 e. The Balaban J connectivity index is 1.79. The van der Waals surface area contributed by atoms with Crippen molar-refractivity contribution in [2.45, 2.75) is 19.3 Å². The van der Waals surface area contributed by atoms with Crippen LogP contribution in [0.15, 0.2) is 24.8 Å². The van der Waals surface area contributed by atoms with E-state index in [1.165, 1.54) is 4.31 Å². The van der Waals surface area contributed by atoms with Gasteiger partial charge in [-0.1, -0.05) is 0 Å². The molecule has 0 aliphatic carbocycles. The van der Waals surface area contributed by atoms with E-state index in [-0.39, 0.29) is 5.92 Å². The van der Waals surface area contributed by atoms with Crippen molar-refractivity contribution in [2.75, 3.05) is 27.2 Å². The lowest BCUT2D eigenvalue weighted by atomic mass is 9.93. The predicted molar refractivity (Wildman–Crippen MR) is 94.8 cm³/mol. The predicted octanol–water partition coefficient (Wildman–Crippen LogP) is 0.938. The molecule has 0 N–H and O–H groups in total. The van der Waals surface area contributed by atoms with E-state index in [2.05, 4.69) is 15.1 Å². The zero-order valence-electron chi connectivity index (χ0n) is 14.8. The normalized spacial score (nSPS) is 19.4. The Bertz CT molecular complexity index is 833. The van der Waals surface area contributed by atoms with Gasteiger partial charge >= 0.3 is 0 Å². The third-order valence-electron chi connectivity index (χ3n) is 4.50. The molecule has 2 aromatic rings. The molecule has 0 spiro atoms. The zero-order chi connectivity index (χ0) is 18.0. The van der Waals surface area contributed by atoms with Crippen molar-refractivity contribution in [1.29, 1.82) is 0 Å². The van der Waals surface area contributed by atoms with Crippen LogP contribution in [0.25, 0.3) is 11.3 Å². The number of hydrogen-bond acceptors (Lipinski definition) is 5. The van der Waals surface area contributed by atoms with E-state index in [1.807, 2.05) is 13.2 Å². The van der Waals surface area contributed by atoms with Crippen molar-refractivity contribution in [3.05, 3.63) is 30.5 Å². The van der Waals surface area contributed by atoms with Gasteiger partial charge in [-0.15, -0.1) is 0 Å². The molecule has 0 radical (unpaired) electrons. The second-order valence-corrected chi connectivity index (χ2v) is 8.76. The highest BCUT2D eigenvalue weighted by molar-refractivity contribution is 7.86. The van der Waals surface area contributed by atoms with Crippen LogP contribution in [0.5, 0.6) is 0 Å². The minimum atomic E-state index is -3.37. The number of piperidine rings is 1. The highest BCUT2D eigenvalue weighted by atomic mass is 32.2. The first kappa shape index (κ1) is 18.0. The lowest BCUT2D eigenvalue weighted by Gasteiger charge is -2.33. The van der Waals surface area contributed by atoms with E-state index in [1.54, 1.807) is 41.7 Å². The van der Waals surface area contributed by atoms with Gasteiger partial charge in [-0.05, 0) is 25.2 Å². The molecule has 0 aromatic carbocycles. The zero-order valence-corrected chi connectivity index (χ0v) is 15.6. The maximum atomic E-state index is 12.4. The number of hydrogen-bond donors (Lipinski definition) is 0. The average Bonchev–Trinajstić information content (AvgIpc) is 3.02. The molecular weight excluding hydrogens is 340 g/mol. The summed E-state index contributed by atoms with van der Waals surface area (Å²) in [5, 5.41) is 4.20. The van der Waals surface area contributed by atoms with Gasteiger partial charge < -0.3 is 0 Å². The van der Waals surface area contributed by atoms with Crippen LogP contribution < -0.4 is 0 Å². The molecule has 0 saturated carbocycles. The molecule has 1 aliphatic rings. The summed E-state index contributed by atoms with van der Waals surface area (Å²) in [6.45, 7) is 1.09. The van der Waals surface area contributed by atoms with Crippen molar-refractivity contribution >= 4 is 10.2 Å². The average molecular weight is 364 g/mol. The van der Waals surface area contributed by atoms with Gasteiger partial charge in [-0.3, -0.25) is 14.6 Å². The lowest BCUT2D eigenvalue weighted by molar-refractivity contribution is 0.253. The number of nitrogens with zero attached hydrogens (tertiary/aromatic N) is 6. The number of rotatable bonds is 5. The molecule has 1 fully saturated rings. The van der Waals surface area contributed by atoms with Crippen molar-refractivity contribution in [2.24, 2.45) is 13.0 Å². The second kappa shape index (κ2) is 7.19. The first-order chi connectivity index (χ1) is 11.9. The Labute approximate surface area is 148 Å².